The molecule has 0 aliphatic heterocycles. The summed E-state index contributed by atoms with van der Waals surface area (Å²) < 4.78 is 4.99. The third kappa shape index (κ3) is 4.11. The highest BCUT2D eigenvalue weighted by Gasteiger charge is 2.36. The zero-order valence-electron chi connectivity index (χ0n) is 12.6. The molecule has 0 aliphatic carbocycles. The molecule has 0 spiro atoms. The molecular weight excluding hydrogens is 313 g/mol. The van der Waals surface area contributed by atoms with Crippen molar-refractivity contribution in [1.29, 1.82) is 0 Å². The summed E-state index contributed by atoms with van der Waals surface area (Å²) >= 11 is 12.1. The molecule has 116 valence electrons. The summed E-state index contributed by atoms with van der Waals surface area (Å²) in [5.41, 5.74) is -0.502. The van der Waals surface area contributed by atoms with Crippen LogP contribution in [0.2, 0.25) is 10.0 Å². The molecule has 1 aromatic rings. The summed E-state index contributed by atoms with van der Waals surface area (Å²) in [6, 6.07) is 5.06. The fourth-order valence-electron chi connectivity index (χ4n) is 1.73. The topological polar surface area (TPSA) is 46.6 Å². The molecule has 1 aromatic carbocycles. The lowest BCUT2D eigenvalue weighted by Gasteiger charge is -2.33. The van der Waals surface area contributed by atoms with E-state index in [2.05, 4.69) is 0 Å². The third-order valence-corrected chi connectivity index (χ3v) is 4.09. The summed E-state index contributed by atoms with van der Waals surface area (Å²) in [4.78, 5) is 25.7. The van der Waals surface area contributed by atoms with Gasteiger partial charge in [0.15, 0.2) is 0 Å². The van der Waals surface area contributed by atoms with Crippen LogP contribution in [0.15, 0.2) is 18.2 Å². The molecule has 0 atom stereocenters. The fourth-order valence-corrected chi connectivity index (χ4v) is 2.26. The smallest absolute Gasteiger partial charge is 0.331 e. The van der Waals surface area contributed by atoms with Crippen LogP contribution >= 0.6 is 23.2 Å². The minimum Gasteiger partial charge on any atom is -0.464 e. The highest BCUT2D eigenvalue weighted by Crippen LogP contribution is 2.26. The van der Waals surface area contributed by atoms with Crippen molar-refractivity contribution < 1.29 is 14.3 Å². The maximum Gasteiger partial charge on any atom is 0.331 e. The number of carbonyl (C=O) groups is 2. The highest BCUT2D eigenvalue weighted by molar-refractivity contribution is 6.36. The second kappa shape index (κ2) is 7.14. The quantitative estimate of drug-likeness (QED) is 0.777. The van der Waals surface area contributed by atoms with Crippen LogP contribution < -0.4 is 0 Å². The Hall–Kier alpha value is -1.26. The maximum absolute atomic E-state index is 12.4. The van der Waals surface area contributed by atoms with Gasteiger partial charge < -0.3 is 9.64 Å². The molecular formula is C15H19Cl2NO3. The van der Waals surface area contributed by atoms with Crippen LogP contribution in [0.5, 0.6) is 0 Å². The summed E-state index contributed by atoms with van der Waals surface area (Å²) in [6.07, 6.45) is 0.0256. The molecule has 6 heteroatoms. The fraction of sp³-hybridized carbons (Fsp3) is 0.467. The van der Waals surface area contributed by atoms with E-state index in [4.69, 9.17) is 27.9 Å². The molecule has 0 unspecified atom stereocenters. The van der Waals surface area contributed by atoms with E-state index in [0.717, 1.165) is 0 Å². The molecule has 0 aromatic heterocycles. The first-order chi connectivity index (χ1) is 9.71. The van der Waals surface area contributed by atoms with Crippen LogP contribution in [-0.4, -0.2) is 36.0 Å². The van der Waals surface area contributed by atoms with Gasteiger partial charge in [0.05, 0.1) is 13.0 Å². The van der Waals surface area contributed by atoms with Crippen molar-refractivity contribution in [3.8, 4) is 0 Å². The van der Waals surface area contributed by atoms with Crippen molar-refractivity contribution in [2.24, 2.45) is 0 Å². The van der Waals surface area contributed by atoms with Gasteiger partial charge in [-0.2, -0.15) is 0 Å². The van der Waals surface area contributed by atoms with Crippen LogP contribution in [0.4, 0.5) is 0 Å². The van der Waals surface area contributed by atoms with Gasteiger partial charge in [0.25, 0.3) is 0 Å². The van der Waals surface area contributed by atoms with Crippen LogP contribution in [0.1, 0.15) is 26.3 Å². The minimum atomic E-state index is -1.05. The Balaban J connectivity index is 2.91. The number of amides is 1. The molecule has 0 N–H and O–H groups in total. The molecule has 1 rings (SSSR count). The van der Waals surface area contributed by atoms with E-state index in [0.29, 0.717) is 15.6 Å². The van der Waals surface area contributed by atoms with E-state index in [9.17, 15) is 9.59 Å². The van der Waals surface area contributed by atoms with Crippen molar-refractivity contribution in [3.63, 3.8) is 0 Å². The Morgan fingerprint density at radius 1 is 1.24 bits per heavy atom. The van der Waals surface area contributed by atoms with E-state index in [-0.39, 0.29) is 18.9 Å². The van der Waals surface area contributed by atoms with Crippen molar-refractivity contribution in [2.75, 3.05) is 13.7 Å². The molecule has 0 bridgehead atoms. The predicted octanol–water partition coefficient (Wildman–Crippen LogP) is 3.34. The van der Waals surface area contributed by atoms with Gasteiger partial charge in [-0.05, 0) is 38.5 Å². The zero-order valence-corrected chi connectivity index (χ0v) is 14.1. The molecule has 0 saturated heterocycles. The summed E-state index contributed by atoms with van der Waals surface area (Å²) in [5.74, 6) is -0.714. The van der Waals surface area contributed by atoms with Crippen molar-refractivity contribution in [3.05, 3.63) is 33.8 Å². The number of esters is 1. The van der Waals surface area contributed by atoms with Crippen molar-refractivity contribution in [1.82, 2.24) is 4.90 Å². The zero-order chi connectivity index (χ0) is 16.2. The number of benzene rings is 1. The van der Waals surface area contributed by atoms with Gasteiger partial charge in [0, 0.05) is 17.1 Å². The number of carbonyl (C=O) groups excluding carboxylic acids is 2. The molecule has 0 heterocycles. The van der Waals surface area contributed by atoms with Crippen LogP contribution in [0, 0.1) is 0 Å². The lowest BCUT2D eigenvalue weighted by Crippen LogP contribution is -2.52. The molecule has 21 heavy (non-hydrogen) atoms. The van der Waals surface area contributed by atoms with Crippen LogP contribution in [0.25, 0.3) is 0 Å². The molecule has 0 aliphatic rings. The van der Waals surface area contributed by atoms with Gasteiger partial charge >= 0.3 is 5.97 Å². The largest absolute Gasteiger partial charge is 0.464 e. The standard InChI is InChI=1S/C15H19Cl2NO3/c1-5-21-14(20)15(2,3)18(4)13(19)9-10-11(16)7-6-8-12(10)17/h6-8H,5,9H2,1-4H3. The number of halogens is 2. The number of hydrogen-bond donors (Lipinski definition) is 0. The summed E-state index contributed by atoms with van der Waals surface area (Å²) in [5, 5.41) is 0.858. The third-order valence-electron chi connectivity index (χ3n) is 3.38. The SMILES string of the molecule is CCOC(=O)C(C)(C)N(C)C(=O)Cc1c(Cl)cccc1Cl. The Morgan fingerprint density at radius 2 is 1.76 bits per heavy atom. The van der Waals surface area contributed by atoms with Gasteiger partial charge in [-0.25, -0.2) is 4.79 Å². The minimum absolute atomic E-state index is 0.0256. The first-order valence-electron chi connectivity index (χ1n) is 6.58. The Morgan fingerprint density at radius 3 is 2.24 bits per heavy atom. The van der Waals surface area contributed by atoms with Gasteiger partial charge in [-0.15, -0.1) is 0 Å². The second-order valence-electron chi connectivity index (χ2n) is 5.11. The number of rotatable bonds is 5. The Bertz CT molecular complexity index is 523. The lowest BCUT2D eigenvalue weighted by molar-refractivity contribution is -0.160. The average molecular weight is 332 g/mol. The second-order valence-corrected chi connectivity index (χ2v) is 5.92. The van der Waals surface area contributed by atoms with Gasteiger partial charge in [-0.3, -0.25) is 4.79 Å². The van der Waals surface area contributed by atoms with Gasteiger partial charge in [0.2, 0.25) is 5.91 Å². The number of nitrogens with zero attached hydrogens (tertiary/aromatic N) is 1. The first-order valence-corrected chi connectivity index (χ1v) is 7.34. The van der Waals surface area contributed by atoms with Crippen LogP contribution in [0.3, 0.4) is 0 Å². The Labute approximate surface area is 135 Å². The van der Waals surface area contributed by atoms with Crippen molar-refractivity contribution in [2.45, 2.75) is 32.7 Å². The molecule has 0 saturated carbocycles. The van der Waals surface area contributed by atoms with E-state index in [1.54, 1.807) is 46.0 Å². The van der Waals surface area contributed by atoms with Crippen molar-refractivity contribution >= 4 is 35.1 Å². The molecule has 4 nitrogen and oxygen atoms in total. The van der Waals surface area contributed by atoms with Gasteiger partial charge in [0.1, 0.15) is 5.54 Å². The number of hydrogen-bond acceptors (Lipinski definition) is 3. The molecule has 0 fully saturated rings. The van der Waals surface area contributed by atoms with Gasteiger partial charge in [-0.1, -0.05) is 29.3 Å². The lowest BCUT2D eigenvalue weighted by atomic mass is 10.0. The summed E-state index contributed by atoms with van der Waals surface area (Å²) in [7, 11) is 1.56. The van der Waals surface area contributed by atoms with E-state index < -0.39 is 11.5 Å². The maximum atomic E-state index is 12.4. The predicted molar refractivity (Wildman–Crippen MR) is 83.6 cm³/mol. The Kier molecular flexibility index (Phi) is 6.05. The molecule has 0 radical (unpaired) electrons. The highest BCUT2D eigenvalue weighted by atomic mass is 35.5. The normalized spacial score (nSPS) is 11.1. The monoisotopic (exact) mass is 331 g/mol. The summed E-state index contributed by atoms with van der Waals surface area (Å²) in [6.45, 7) is 5.26. The number of likely N-dealkylation sites (N-methyl/N-ethyl adjacent to an activating group) is 1. The van der Waals surface area contributed by atoms with E-state index >= 15 is 0 Å². The first kappa shape index (κ1) is 17.8. The van der Waals surface area contributed by atoms with E-state index in [1.165, 1.54) is 4.90 Å². The number of ether oxygens (including phenoxy) is 1. The van der Waals surface area contributed by atoms with Crippen LogP contribution in [-0.2, 0) is 20.7 Å². The molecule has 1 amide bonds. The van der Waals surface area contributed by atoms with E-state index in [1.807, 2.05) is 0 Å². The average Bonchev–Trinajstić information content (AvgIpc) is 2.42.